The third-order valence-electron chi connectivity index (χ3n) is 6.24. The zero-order valence-corrected chi connectivity index (χ0v) is 18.6. The summed E-state index contributed by atoms with van der Waals surface area (Å²) >= 11 is 0. The van der Waals surface area contributed by atoms with E-state index in [1.807, 2.05) is 13.8 Å². The van der Waals surface area contributed by atoms with Crippen LogP contribution in [-0.2, 0) is 20.0 Å². The van der Waals surface area contributed by atoms with Crippen molar-refractivity contribution in [3.63, 3.8) is 0 Å². The maximum Gasteiger partial charge on any atom is 0.243 e. The molecule has 1 saturated heterocycles. The molecule has 1 aromatic rings. The van der Waals surface area contributed by atoms with Crippen molar-refractivity contribution in [1.82, 2.24) is 9.03 Å². The molecular formula is C20H32N2O4S2. The van der Waals surface area contributed by atoms with Gasteiger partial charge in [0.25, 0.3) is 0 Å². The van der Waals surface area contributed by atoms with Crippen LogP contribution in [0.25, 0.3) is 0 Å². The van der Waals surface area contributed by atoms with Crippen molar-refractivity contribution < 1.29 is 16.8 Å². The van der Waals surface area contributed by atoms with Crippen LogP contribution < -0.4 is 4.72 Å². The van der Waals surface area contributed by atoms with Crippen LogP contribution in [0.2, 0.25) is 0 Å². The summed E-state index contributed by atoms with van der Waals surface area (Å²) in [5, 5.41) is 0. The highest BCUT2D eigenvalue weighted by Crippen LogP contribution is 2.30. The molecule has 0 bridgehead atoms. The fourth-order valence-corrected chi connectivity index (χ4v) is 7.80. The van der Waals surface area contributed by atoms with Crippen LogP contribution in [0.15, 0.2) is 34.1 Å². The molecule has 2 aliphatic rings. The van der Waals surface area contributed by atoms with Gasteiger partial charge in [-0.15, -0.1) is 0 Å². The van der Waals surface area contributed by atoms with Gasteiger partial charge >= 0.3 is 0 Å². The summed E-state index contributed by atoms with van der Waals surface area (Å²) in [5.74, 6) is 0.310. The lowest BCUT2D eigenvalue weighted by molar-refractivity contribution is 0.204. The summed E-state index contributed by atoms with van der Waals surface area (Å²) in [6, 6.07) is 5.49. The molecule has 0 unspecified atom stereocenters. The van der Waals surface area contributed by atoms with E-state index < -0.39 is 20.0 Å². The van der Waals surface area contributed by atoms with Crippen LogP contribution in [0.3, 0.4) is 0 Å². The zero-order valence-electron chi connectivity index (χ0n) is 17.0. The van der Waals surface area contributed by atoms with E-state index in [4.69, 9.17) is 0 Å². The maximum atomic E-state index is 13.1. The first kappa shape index (κ1) is 21.7. The molecule has 1 aromatic carbocycles. The van der Waals surface area contributed by atoms with Crippen molar-refractivity contribution in [2.75, 3.05) is 0 Å². The van der Waals surface area contributed by atoms with Gasteiger partial charge in [0.15, 0.2) is 0 Å². The number of hydrogen-bond donors (Lipinski definition) is 1. The van der Waals surface area contributed by atoms with Crippen molar-refractivity contribution in [2.24, 2.45) is 5.92 Å². The van der Waals surface area contributed by atoms with Gasteiger partial charge in [0, 0.05) is 18.1 Å². The number of sulfonamides is 2. The third-order valence-corrected chi connectivity index (χ3v) is 9.89. The fraction of sp³-hybridized carbons (Fsp3) is 0.700. The minimum absolute atomic E-state index is 0.0494. The first-order valence-electron chi connectivity index (χ1n) is 10.3. The predicted octanol–water partition coefficient (Wildman–Crippen LogP) is 3.50. The van der Waals surface area contributed by atoms with Gasteiger partial charge in [-0.2, -0.15) is 4.31 Å². The van der Waals surface area contributed by atoms with Crippen LogP contribution >= 0.6 is 0 Å². The zero-order chi connectivity index (χ0) is 20.5. The highest BCUT2D eigenvalue weighted by atomic mass is 32.2. The Morgan fingerprint density at radius 3 is 1.89 bits per heavy atom. The molecular weight excluding hydrogens is 396 g/mol. The number of nitrogens with zero attached hydrogens (tertiary/aromatic N) is 1. The Balaban J connectivity index is 1.80. The molecule has 158 valence electrons. The Morgan fingerprint density at radius 1 is 0.786 bits per heavy atom. The van der Waals surface area contributed by atoms with E-state index in [2.05, 4.69) is 11.6 Å². The molecule has 6 nitrogen and oxygen atoms in total. The first-order valence-corrected chi connectivity index (χ1v) is 13.2. The topological polar surface area (TPSA) is 83.6 Å². The van der Waals surface area contributed by atoms with Gasteiger partial charge in [-0.1, -0.05) is 26.2 Å². The van der Waals surface area contributed by atoms with Crippen molar-refractivity contribution in [2.45, 2.75) is 93.6 Å². The molecule has 2 fully saturated rings. The molecule has 3 rings (SSSR count). The smallest absolute Gasteiger partial charge is 0.208 e. The second-order valence-corrected chi connectivity index (χ2v) is 12.0. The van der Waals surface area contributed by atoms with E-state index in [1.54, 1.807) is 4.31 Å². The van der Waals surface area contributed by atoms with Gasteiger partial charge in [0.2, 0.25) is 20.0 Å². The Kier molecular flexibility index (Phi) is 6.54. The fourth-order valence-electron chi connectivity index (χ4n) is 4.54. The standard InChI is InChI=1S/C20H32N2O4S2/c1-15-7-4-5-10-20(15)21-27(23,24)18-11-13-19(14-12-18)28(25,26)22-16(2)8-6-9-17(22)3/h11-17,20-21H,4-10H2,1-3H3/t15-,16-,17+,20+/m0/s1. The molecule has 0 amide bonds. The van der Waals surface area contributed by atoms with Crippen molar-refractivity contribution in [3.8, 4) is 0 Å². The van der Waals surface area contributed by atoms with E-state index in [9.17, 15) is 16.8 Å². The largest absolute Gasteiger partial charge is 0.243 e. The third kappa shape index (κ3) is 4.45. The number of benzene rings is 1. The maximum absolute atomic E-state index is 13.1. The van der Waals surface area contributed by atoms with Gasteiger partial charge in [0.05, 0.1) is 9.79 Å². The van der Waals surface area contributed by atoms with E-state index in [-0.39, 0.29) is 27.9 Å². The van der Waals surface area contributed by atoms with Crippen molar-refractivity contribution in [1.29, 1.82) is 0 Å². The SMILES string of the molecule is C[C@@H]1CCC[C@H](C)N1S(=O)(=O)c1ccc(S(=O)(=O)N[C@@H]2CCCC[C@@H]2C)cc1. The Hall–Kier alpha value is -0.960. The minimum atomic E-state index is -3.66. The van der Waals surface area contributed by atoms with Crippen LogP contribution in [0, 0.1) is 5.92 Å². The van der Waals surface area contributed by atoms with Gasteiger partial charge in [-0.3, -0.25) is 0 Å². The number of hydrogen-bond acceptors (Lipinski definition) is 4. The van der Waals surface area contributed by atoms with Crippen LogP contribution in [0.1, 0.15) is 65.7 Å². The average Bonchev–Trinajstić information content (AvgIpc) is 2.63. The molecule has 0 spiro atoms. The van der Waals surface area contributed by atoms with Crippen LogP contribution in [0.4, 0.5) is 0 Å². The molecule has 1 N–H and O–H groups in total. The quantitative estimate of drug-likeness (QED) is 0.778. The molecule has 0 radical (unpaired) electrons. The molecule has 1 aliphatic heterocycles. The van der Waals surface area contributed by atoms with Crippen LogP contribution in [-0.4, -0.2) is 39.3 Å². The van der Waals surface area contributed by atoms with Crippen molar-refractivity contribution >= 4 is 20.0 Å². The summed E-state index contributed by atoms with van der Waals surface area (Å²) in [5.41, 5.74) is 0. The Labute approximate surface area is 169 Å². The lowest BCUT2D eigenvalue weighted by Gasteiger charge is -2.37. The second-order valence-electron chi connectivity index (χ2n) is 8.42. The molecule has 4 atom stereocenters. The summed E-state index contributed by atoms with van der Waals surface area (Å²) in [6.45, 7) is 5.94. The van der Waals surface area contributed by atoms with E-state index >= 15 is 0 Å². The summed E-state index contributed by atoms with van der Waals surface area (Å²) in [6.07, 6.45) is 6.75. The summed E-state index contributed by atoms with van der Waals surface area (Å²) in [7, 11) is -7.30. The first-order chi connectivity index (χ1) is 13.1. The summed E-state index contributed by atoms with van der Waals surface area (Å²) < 4.78 is 56.0. The monoisotopic (exact) mass is 428 g/mol. The normalized spacial score (nSPS) is 30.2. The highest BCUT2D eigenvalue weighted by molar-refractivity contribution is 7.89. The van der Waals surface area contributed by atoms with Crippen molar-refractivity contribution in [3.05, 3.63) is 24.3 Å². The van der Waals surface area contributed by atoms with Gasteiger partial charge in [-0.05, 0) is 69.7 Å². The van der Waals surface area contributed by atoms with E-state index in [1.165, 1.54) is 24.3 Å². The summed E-state index contributed by atoms with van der Waals surface area (Å²) in [4.78, 5) is 0.266. The number of nitrogens with one attached hydrogen (secondary N) is 1. The lowest BCUT2D eigenvalue weighted by atomic mass is 9.87. The Morgan fingerprint density at radius 2 is 1.32 bits per heavy atom. The minimum Gasteiger partial charge on any atom is -0.208 e. The second kappa shape index (κ2) is 8.42. The average molecular weight is 429 g/mol. The molecule has 1 heterocycles. The molecule has 8 heteroatoms. The van der Waals surface area contributed by atoms with E-state index in [0.29, 0.717) is 5.92 Å². The number of piperidine rings is 1. The molecule has 28 heavy (non-hydrogen) atoms. The van der Waals surface area contributed by atoms with E-state index in [0.717, 1.165) is 44.9 Å². The molecule has 1 aliphatic carbocycles. The van der Waals surface area contributed by atoms with Crippen LogP contribution in [0.5, 0.6) is 0 Å². The number of rotatable bonds is 5. The van der Waals surface area contributed by atoms with Gasteiger partial charge in [0.1, 0.15) is 0 Å². The highest BCUT2D eigenvalue weighted by Gasteiger charge is 2.36. The Bertz CT molecular complexity index is 871. The lowest BCUT2D eigenvalue weighted by Crippen LogP contribution is -2.47. The van der Waals surface area contributed by atoms with Gasteiger partial charge < -0.3 is 0 Å². The predicted molar refractivity (Wildman–Crippen MR) is 110 cm³/mol. The molecule has 1 saturated carbocycles. The molecule has 0 aromatic heterocycles. The van der Waals surface area contributed by atoms with Gasteiger partial charge in [-0.25, -0.2) is 21.6 Å².